The highest BCUT2D eigenvalue weighted by atomic mass is 16.5. The second-order valence-corrected chi connectivity index (χ2v) is 6.24. The van der Waals surface area contributed by atoms with Gasteiger partial charge < -0.3 is 10.1 Å². The summed E-state index contributed by atoms with van der Waals surface area (Å²) in [5, 5.41) is 3.88. The van der Waals surface area contributed by atoms with Gasteiger partial charge in [0, 0.05) is 5.39 Å². The SMILES string of the molecule is Cc1cccc(OCCNC(=O)c2cc3cc(C)ccc3nc2C)c1. The number of benzene rings is 2. The summed E-state index contributed by atoms with van der Waals surface area (Å²) in [6, 6.07) is 15.8. The monoisotopic (exact) mass is 334 g/mol. The van der Waals surface area contributed by atoms with Crippen LogP contribution in [0.25, 0.3) is 10.9 Å². The van der Waals surface area contributed by atoms with Crippen LogP contribution in [0.3, 0.4) is 0 Å². The van der Waals surface area contributed by atoms with Crippen LogP contribution < -0.4 is 10.1 Å². The molecule has 0 aliphatic heterocycles. The van der Waals surface area contributed by atoms with Crippen molar-refractivity contribution in [2.24, 2.45) is 0 Å². The first-order valence-electron chi connectivity index (χ1n) is 8.38. The van der Waals surface area contributed by atoms with Crippen LogP contribution in [0.4, 0.5) is 0 Å². The fourth-order valence-corrected chi connectivity index (χ4v) is 2.76. The number of nitrogens with zero attached hydrogens (tertiary/aromatic N) is 1. The van der Waals surface area contributed by atoms with Crippen LogP contribution in [-0.4, -0.2) is 24.0 Å². The number of carbonyl (C=O) groups excluding carboxylic acids is 1. The molecule has 0 atom stereocenters. The van der Waals surface area contributed by atoms with E-state index in [1.807, 2.05) is 69.3 Å². The molecule has 0 fully saturated rings. The smallest absolute Gasteiger partial charge is 0.253 e. The van der Waals surface area contributed by atoms with Gasteiger partial charge in [0.25, 0.3) is 5.91 Å². The van der Waals surface area contributed by atoms with Crippen LogP contribution in [0.2, 0.25) is 0 Å². The normalized spacial score (nSPS) is 10.7. The Labute approximate surface area is 147 Å². The maximum absolute atomic E-state index is 12.5. The Bertz CT molecular complexity index is 919. The number of ether oxygens (including phenoxy) is 1. The molecule has 1 N–H and O–H groups in total. The molecule has 3 rings (SSSR count). The summed E-state index contributed by atoms with van der Waals surface area (Å²) < 4.78 is 5.66. The lowest BCUT2D eigenvalue weighted by molar-refractivity contribution is 0.0946. The average Bonchev–Trinajstić information content (AvgIpc) is 2.58. The van der Waals surface area contributed by atoms with Crippen LogP contribution in [0.15, 0.2) is 48.5 Å². The van der Waals surface area contributed by atoms with Crippen molar-refractivity contribution >= 4 is 16.8 Å². The van der Waals surface area contributed by atoms with Crippen LogP contribution >= 0.6 is 0 Å². The quantitative estimate of drug-likeness (QED) is 0.718. The Kier molecular flexibility index (Phi) is 4.98. The van der Waals surface area contributed by atoms with Crippen molar-refractivity contribution in [1.29, 1.82) is 0 Å². The van der Waals surface area contributed by atoms with Crippen LogP contribution in [-0.2, 0) is 0 Å². The van der Waals surface area contributed by atoms with E-state index in [4.69, 9.17) is 4.74 Å². The van der Waals surface area contributed by atoms with Crippen LogP contribution in [0, 0.1) is 20.8 Å². The van der Waals surface area contributed by atoms with Gasteiger partial charge in [-0.2, -0.15) is 0 Å². The summed E-state index contributed by atoms with van der Waals surface area (Å²) in [5.41, 5.74) is 4.54. The molecule has 0 saturated heterocycles. The van der Waals surface area contributed by atoms with Gasteiger partial charge in [0.05, 0.1) is 23.3 Å². The largest absolute Gasteiger partial charge is 0.492 e. The fourth-order valence-electron chi connectivity index (χ4n) is 2.76. The first-order valence-corrected chi connectivity index (χ1v) is 8.38. The summed E-state index contributed by atoms with van der Waals surface area (Å²) in [5.74, 6) is 0.689. The lowest BCUT2D eigenvalue weighted by Gasteiger charge is -2.10. The average molecular weight is 334 g/mol. The standard InChI is InChI=1S/C21H22N2O2/c1-14-5-4-6-18(12-14)25-10-9-22-21(24)19-13-17-11-15(2)7-8-20(17)23-16(19)3/h4-8,11-13H,9-10H2,1-3H3,(H,22,24). The van der Waals surface area contributed by atoms with E-state index in [9.17, 15) is 4.79 Å². The molecule has 2 aromatic carbocycles. The van der Waals surface area contributed by atoms with E-state index >= 15 is 0 Å². The highest BCUT2D eigenvalue weighted by molar-refractivity contribution is 5.98. The maximum Gasteiger partial charge on any atom is 0.253 e. The minimum atomic E-state index is -0.124. The third-order valence-corrected chi connectivity index (χ3v) is 4.05. The molecule has 0 aliphatic rings. The fraction of sp³-hybridized carbons (Fsp3) is 0.238. The predicted molar refractivity (Wildman–Crippen MR) is 100 cm³/mol. The second-order valence-electron chi connectivity index (χ2n) is 6.24. The number of nitrogens with one attached hydrogen (secondary N) is 1. The zero-order valence-electron chi connectivity index (χ0n) is 14.8. The molecule has 4 heteroatoms. The van der Waals surface area contributed by atoms with E-state index in [-0.39, 0.29) is 5.91 Å². The maximum atomic E-state index is 12.5. The van der Waals surface area contributed by atoms with E-state index in [1.54, 1.807) is 0 Å². The molecule has 128 valence electrons. The zero-order chi connectivity index (χ0) is 17.8. The summed E-state index contributed by atoms with van der Waals surface area (Å²) in [6.07, 6.45) is 0. The first kappa shape index (κ1) is 17.0. The van der Waals surface area contributed by atoms with Crippen molar-refractivity contribution in [2.75, 3.05) is 13.2 Å². The van der Waals surface area contributed by atoms with Crippen LogP contribution in [0.1, 0.15) is 27.2 Å². The number of pyridine rings is 1. The number of hydrogen-bond acceptors (Lipinski definition) is 3. The minimum Gasteiger partial charge on any atom is -0.492 e. The van der Waals surface area contributed by atoms with E-state index in [1.165, 1.54) is 0 Å². The van der Waals surface area contributed by atoms with E-state index in [0.717, 1.165) is 33.5 Å². The van der Waals surface area contributed by atoms with Gasteiger partial charge in [-0.05, 0) is 56.7 Å². The van der Waals surface area contributed by atoms with Crippen molar-refractivity contribution in [3.63, 3.8) is 0 Å². The number of fused-ring (bicyclic) bond motifs is 1. The molecule has 4 nitrogen and oxygen atoms in total. The van der Waals surface area contributed by atoms with Crippen LogP contribution in [0.5, 0.6) is 5.75 Å². The molecule has 0 saturated carbocycles. The molecule has 0 radical (unpaired) electrons. The van der Waals surface area contributed by atoms with Gasteiger partial charge in [0.15, 0.2) is 0 Å². The topological polar surface area (TPSA) is 51.2 Å². The van der Waals surface area contributed by atoms with Gasteiger partial charge in [-0.15, -0.1) is 0 Å². The Morgan fingerprint density at radius 1 is 1.04 bits per heavy atom. The first-order chi connectivity index (χ1) is 12.0. The Hall–Kier alpha value is -2.88. The molecule has 1 aromatic heterocycles. The Balaban J connectivity index is 1.63. The van der Waals surface area contributed by atoms with Gasteiger partial charge in [-0.3, -0.25) is 9.78 Å². The number of rotatable bonds is 5. The minimum absolute atomic E-state index is 0.124. The van der Waals surface area contributed by atoms with Gasteiger partial charge in [-0.1, -0.05) is 23.8 Å². The van der Waals surface area contributed by atoms with E-state index in [2.05, 4.69) is 10.3 Å². The third-order valence-electron chi connectivity index (χ3n) is 4.05. The van der Waals surface area contributed by atoms with E-state index < -0.39 is 0 Å². The molecule has 1 heterocycles. The number of hydrogen-bond donors (Lipinski definition) is 1. The summed E-state index contributed by atoms with van der Waals surface area (Å²) >= 11 is 0. The molecular formula is C21H22N2O2. The highest BCUT2D eigenvalue weighted by Crippen LogP contribution is 2.18. The van der Waals surface area contributed by atoms with E-state index in [0.29, 0.717) is 18.7 Å². The summed E-state index contributed by atoms with van der Waals surface area (Å²) in [7, 11) is 0. The van der Waals surface area contributed by atoms with Gasteiger partial charge in [0.2, 0.25) is 0 Å². The van der Waals surface area contributed by atoms with Gasteiger partial charge in [-0.25, -0.2) is 0 Å². The van der Waals surface area contributed by atoms with Crippen molar-refractivity contribution in [1.82, 2.24) is 10.3 Å². The van der Waals surface area contributed by atoms with Crippen molar-refractivity contribution < 1.29 is 9.53 Å². The predicted octanol–water partition coefficient (Wildman–Crippen LogP) is 3.97. The Morgan fingerprint density at radius 3 is 2.64 bits per heavy atom. The van der Waals surface area contributed by atoms with Gasteiger partial charge >= 0.3 is 0 Å². The molecule has 1 amide bonds. The lowest BCUT2D eigenvalue weighted by Crippen LogP contribution is -2.28. The molecule has 0 aliphatic carbocycles. The molecule has 25 heavy (non-hydrogen) atoms. The molecular weight excluding hydrogens is 312 g/mol. The third kappa shape index (κ3) is 4.15. The van der Waals surface area contributed by atoms with Crippen molar-refractivity contribution in [2.45, 2.75) is 20.8 Å². The lowest BCUT2D eigenvalue weighted by atomic mass is 10.1. The summed E-state index contributed by atoms with van der Waals surface area (Å²) in [4.78, 5) is 17.0. The van der Waals surface area contributed by atoms with Crippen molar-refractivity contribution in [3.8, 4) is 5.75 Å². The number of aromatic nitrogens is 1. The Morgan fingerprint density at radius 2 is 1.84 bits per heavy atom. The molecule has 0 unspecified atom stereocenters. The molecule has 0 spiro atoms. The van der Waals surface area contributed by atoms with Crippen molar-refractivity contribution in [3.05, 3.63) is 70.9 Å². The number of aryl methyl sites for hydroxylation is 3. The summed E-state index contributed by atoms with van der Waals surface area (Å²) in [6.45, 7) is 6.78. The highest BCUT2D eigenvalue weighted by Gasteiger charge is 2.11. The second kappa shape index (κ2) is 7.34. The molecule has 0 bridgehead atoms. The zero-order valence-corrected chi connectivity index (χ0v) is 14.8. The van der Waals surface area contributed by atoms with Gasteiger partial charge in [0.1, 0.15) is 12.4 Å². The molecule has 3 aromatic rings. The number of carbonyl (C=O) groups is 1. The number of amides is 1.